The van der Waals surface area contributed by atoms with Gasteiger partial charge in [-0.3, -0.25) is 4.79 Å². The van der Waals surface area contributed by atoms with Gasteiger partial charge in [-0.25, -0.2) is 8.42 Å². The number of hydrogen-bond donors (Lipinski definition) is 1. The van der Waals surface area contributed by atoms with Crippen molar-refractivity contribution in [2.75, 3.05) is 13.1 Å². The van der Waals surface area contributed by atoms with Gasteiger partial charge in [-0.2, -0.15) is 4.31 Å². The lowest BCUT2D eigenvalue weighted by Gasteiger charge is -2.32. The molecule has 3 aliphatic carbocycles. The number of rotatable bonds is 4. The highest BCUT2D eigenvalue weighted by Crippen LogP contribution is 2.58. The van der Waals surface area contributed by atoms with Crippen LogP contribution in [0.1, 0.15) is 61.7 Å². The Kier molecular flexibility index (Phi) is 4.74. The quantitative estimate of drug-likeness (QED) is 0.839. The Bertz CT molecular complexity index is 862. The maximum Gasteiger partial charge on any atom is 0.251 e. The zero-order valence-electron chi connectivity index (χ0n) is 16.3. The fourth-order valence-corrected chi connectivity index (χ4v) is 8.10. The highest BCUT2D eigenvalue weighted by atomic mass is 32.2. The molecule has 4 fully saturated rings. The van der Waals surface area contributed by atoms with Crippen molar-refractivity contribution in [3.63, 3.8) is 0 Å². The molecule has 1 aliphatic heterocycles. The van der Waals surface area contributed by atoms with Gasteiger partial charge in [0.25, 0.3) is 5.91 Å². The Labute approximate surface area is 167 Å². The second-order valence-corrected chi connectivity index (χ2v) is 11.2. The highest BCUT2D eigenvalue weighted by Gasteiger charge is 2.54. The summed E-state index contributed by atoms with van der Waals surface area (Å²) >= 11 is 0. The van der Waals surface area contributed by atoms with Gasteiger partial charge in [0.2, 0.25) is 10.0 Å². The lowest BCUT2D eigenvalue weighted by molar-refractivity contribution is 0.0901. The van der Waals surface area contributed by atoms with Crippen molar-refractivity contribution in [2.45, 2.75) is 62.3 Å². The predicted molar refractivity (Wildman–Crippen MR) is 107 cm³/mol. The smallest absolute Gasteiger partial charge is 0.251 e. The summed E-state index contributed by atoms with van der Waals surface area (Å²) in [7, 11) is -3.51. The molecule has 5 atom stereocenters. The molecule has 0 radical (unpaired) electrons. The zero-order valence-corrected chi connectivity index (χ0v) is 17.2. The maximum absolute atomic E-state index is 12.9. The molecule has 2 bridgehead atoms. The second-order valence-electron chi connectivity index (χ2n) is 9.23. The largest absolute Gasteiger partial charge is 0.349 e. The van der Waals surface area contributed by atoms with Crippen molar-refractivity contribution in [1.82, 2.24) is 9.62 Å². The van der Waals surface area contributed by atoms with Crippen molar-refractivity contribution in [3.8, 4) is 0 Å². The summed E-state index contributed by atoms with van der Waals surface area (Å²) in [4.78, 5) is 13.1. The van der Waals surface area contributed by atoms with E-state index in [1.165, 1.54) is 25.7 Å². The van der Waals surface area contributed by atoms with Gasteiger partial charge in [0.05, 0.1) is 4.90 Å². The van der Waals surface area contributed by atoms with Crippen LogP contribution in [0.2, 0.25) is 0 Å². The maximum atomic E-state index is 12.9. The average molecular weight is 403 g/mol. The van der Waals surface area contributed by atoms with Gasteiger partial charge in [0.1, 0.15) is 0 Å². The number of nitrogens with zero attached hydrogens (tertiary/aromatic N) is 1. The lowest BCUT2D eigenvalue weighted by atomic mass is 9.79. The predicted octanol–water partition coefficient (Wildman–Crippen LogP) is 3.42. The van der Waals surface area contributed by atoms with Crippen molar-refractivity contribution in [1.29, 1.82) is 0 Å². The van der Waals surface area contributed by atoms with Crippen LogP contribution in [0.3, 0.4) is 0 Å². The summed E-state index contributed by atoms with van der Waals surface area (Å²) in [6, 6.07) is 6.86. The summed E-state index contributed by atoms with van der Waals surface area (Å²) in [6.45, 7) is 1.15. The molecule has 5 nitrogen and oxygen atoms in total. The van der Waals surface area contributed by atoms with Gasteiger partial charge >= 0.3 is 0 Å². The van der Waals surface area contributed by atoms with Gasteiger partial charge in [-0.1, -0.05) is 18.9 Å². The van der Waals surface area contributed by atoms with Gasteiger partial charge in [-0.05, 0) is 80.4 Å². The Balaban J connectivity index is 1.30. The van der Waals surface area contributed by atoms with Gasteiger partial charge < -0.3 is 5.32 Å². The van der Waals surface area contributed by atoms with E-state index in [1.54, 1.807) is 28.6 Å². The van der Waals surface area contributed by atoms with Crippen LogP contribution in [0.5, 0.6) is 0 Å². The second kappa shape index (κ2) is 7.13. The molecule has 5 unspecified atom stereocenters. The van der Waals surface area contributed by atoms with Gasteiger partial charge in [-0.15, -0.1) is 0 Å². The molecule has 3 saturated carbocycles. The summed E-state index contributed by atoms with van der Waals surface area (Å²) in [5.74, 6) is 2.99. The van der Waals surface area contributed by atoms with Gasteiger partial charge in [0, 0.05) is 24.7 Å². The monoisotopic (exact) mass is 402 g/mol. The summed E-state index contributed by atoms with van der Waals surface area (Å²) in [5.41, 5.74) is 0.462. The Morgan fingerprint density at radius 3 is 2.57 bits per heavy atom. The number of fused-ring (bicyclic) bond motifs is 5. The molecule has 1 saturated heterocycles. The molecule has 152 valence electrons. The minimum absolute atomic E-state index is 0.122. The first-order valence-corrected chi connectivity index (χ1v) is 12.4. The highest BCUT2D eigenvalue weighted by molar-refractivity contribution is 7.89. The molecule has 1 N–H and O–H groups in total. The van der Waals surface area contributed by atoms with E-state index in [9.17, 15) is 13.2 Å². The zero-order chi connectivity index (χ0) is 19.3. The molecule has 5 rings (SSSR count). The third-order valence-corrected chi connectivity index (χ3v) is 9.69. The van der Waals surface area contributed by atoms with Crippen molar-refractivity contribution in [2.24, 2.45) is 23.7 Å². The molecular formula is C22H30N2O3S. The van der Waals surface area contributed by atoms with E-state index in [2.05, 4.69) is 5.32 Å². The van der Waals surface area contributed by atoms with Crippen LogP contribution in [0.4, 0.5) is 0 Å². The first-order chi connectivity index (χ1) is 13.5. The van der Waals surface area contributed by atoms with Crippen LogP contribution in [0.15, 0.2) is 29.2 Å². The molecule has 1 amide bonds. The standard InChI is InChI=1S/C22H30N2O3S/c25-22(23-21-14-16-13-20(21)19-9-5-8-18(16)19)15-6-4-7-17(12-15)28(26,27)24-10-2-1-3-11-24/h4,6-7,12,16,18-21H,1-3,5,8-11,13-14H2,(H,23,25). The Morgan fingerprint density at radius 1 is 0.964 bits per heavy atom. The van der Waals surface area contributed by atoms with Crippen LogP contribution in [0.25, 0.3) is 0 Å². The number of piperidine rings is 1. The van der Waals surface area contributed by atoms with Crippen LogP contribution in [-0.4, -0.2) is 37.8 Å². The molecule has 1 aromatic carbocycles. The van der Waals surface area contributed by atoms with E-state index in [-0.39, 0.29) is 16.8 Å². The molecule has 6 heteroatoms. The average Bonchev–Trinajstić information content (AvgIpc) is 3.42. The molecule has 0 aromatic heterocycles. The van der Waals surface area contributed by atoms with Crippen LogP contribution >= 0.6 is 0 Å². The Morgan fingerprint density at radius 2 is 1.75 bits per heavy atom. The number of hydrogen-bond acceptors (Lipinski definition) is 3. The fourth-order valence-electron chi connectivity index (χ4n) is 6.54. The number of benzene rings is 1. The third-order valence-electron chi connectivity index (χ3n) is 7.79. The SMILES string of the molecule is O=C(NC1CC2CC1C1CCCC21)c1cccc(S(=O)(=O)N2CCCCC2)c1. The van der Waals surface area contributed by atoms with E-state index in [0.29, 0.717) is 24.6 Å². The molecule has 1 aromatic rings. The lowest BCUT2D eigenvalue weighted by Crippen LogP contribution is -2.42. The van der Waals surface area contributed by atoms with Crippen molar-refractivity contribution >= 4 is 15.9 Å². The van der Waals surface area contributed by atoms with E-state index in [4.69, 9.17) is 0 Å². The number of nitrogens with one attached hydrogen (secondary N) is 1. The minimum Gasteiger partial charge on any atom is -0.349 e. The number of amides is 1. The first-order valence-electron chi connectivity index (χ1n) is 10.9. The summed E-state index contributed by atoms with van der Waals surface area (Å²) < 4.78 is 27.4. The number of sulfonamides is 1. The Hall–Kier alpha value is -1.40. The molecular weight excluding hydrogens is 372 g/mol. The minimum atomic E-state index is -3.51. The fraction of sp³-hybridized carbons (Fsp3) is 0.682. The number of carbonyl (C=O) groups is 1. The topological polar surface area (TPSA) is 66.5 Å². The van der Waals surface area contributed by atoms with E-state index in [1.807, 2.05) is 0 Å². The molecule has 1 heterocycles. The molecule has 0 spiro atoms. The van der Waals surface area contributed by atoms with Crippen LogP contribution < -0.4 is 5.32 Å². The third kappa shape index (κ3) is 3.09. The van der Waals surface area contributed by atoms with E-state index < -0.39 is 10.0 Å². The van der Waals surface area contributed by atoms with E-state index in [0.717, 1.165) is 43.4 Å². The van der Waals surface area contributed by atoms with Crippen molar-refractivity contribution in [3.05, 3.63) is 29.8 Å². The first kappa shape index (κ1) is 18.6. The summed E-state index contributed by atoms with van der Waals surface area (Å²) in [5, 5.41) is 3.25. The van der Waals surface area contributed by atoms with Crippen LogP contribution in [-0.2, 0) is 10.0 Å². The number of carbonyl (C=O) groups excluding carboxylic acids is 1. The molecule has 4 aliphatic rings. The van der Waals surface area contributed by atoms with E-state index >= 15 is 0 Å². The van der Waals surface area contributed by atoms with Crippen molar-refractivity contribution < 1.29 is 13.2 Å². The summed E-state index contributed by atoms with van der Waals surface area (Å²) in [6.07, 6.45) is 9.31. The normalized spacial score (nSPS) is 35.1. The van der Waals surface area contributed by atoms with Gasteiger partial charge in [0.15, 0.2) is 0 Å². The van der Waals surface area contributed by atoms with Crippen LogP contribution in [0, 0.1) is 23.7 Å². The molecule has 28 heavy (non-hydrogen) atoms.